The maximum absolute atomic E-state index is 3.54. The second-order valence-corrected chi connectivity index (χ2v) is 5.06. The molecule has 0 saturated heterocycles. The van der Waals surface area contributed by atoms with Crippen molar-refractivity contribution in [3.8, 4) is 0 Å². The topological polar surface area (TPSA) is 17.0 Å². The quantitative estimate of drug-likeness (QED) is 0.746. The third-order valence-corrected chi connectivity index (χ3v) is 3.69. The molecule has 1 N–H and O–H groups in total. The number of aromatic nitrogens is 1. The van der Waals surface area contributed by atoms with Gasteiger partial charge in [-0.2, -0.15) is 0 Å². The van der Waals surface area contributed by atoms with Crippen molar-refractivity contribution in [3.05, 3.63) is 59.9 Å². The van der Waals surface area contributed by atoms with Gasteiger partial charge in [-0.15, -0.1) is 0 Å². The Morgan fingerprint density at radius 3 is 2.63 bits per heavy atom. The van der Waals surface area contributed by atoms with Crippen LogP contribution in [0.5, 0.6) is 0 Å². The van der Waals surface area contributed by atoms with Gasteiger partial charge in [-0.1, -0.05) is 37.3 Å². The molecular weight excluding hydrogens is 232 g/mol. The number of aryl methyl sites for hydroxylation is 1. The van der Waals surface area contributed by atoms with Crippen molar-refractivity contribution in [1.82, 2.24) is 9.88 Å². The number of hydrogen-bond acceptors (Lipinski definition) is 1. The minimum Gasteiger partial charge on any atom is -0.351 e. The van der Waals surface area contributed by atoms with Crippen molar-refractivity contribution in [2.75, 3.05) is 6.54 Å². The molecule has 0 aliphatic heterocycles. The summed E-state index contributed by atoms with van der Waals surface area (Å²) >= 11 is 0. The van der Waals surface area contributed by atoms with Gasteiger partial charge in [0.25, 0.3) is 0 Å². The lowest BCUT2D eigenvalue weighted by Crippen LogP contribution is -2.18. The second kappa shape index (κ2) is 7.15. The summed E-state index contributed by atoms with van der Waals surface area (Å²) in [4.78, 5) is 0. The van der Waals surface area contributed by atoms with Gasteiger partial charge < -0.3 is 9.88 Å². The highest BCUT2D eigenvalue weighted by atomic mass is 15.0. The van der Waals surface area contributed by atoms with Gasteiger partial charge in [0.1, 0.15) is 0 Å². The van der Waals surface area contributed by atoms with Gasteiger partial charge in [0.15, 0.2) is 0 Å². The van der Waals surface area contributed by atoms with E-state index in [4.69, 9.17) is 0 Å². The van der Waals surface area contributed by atoms with E-state index in [2.05, 4.69) is 72.4 Å². The largest absolute Gasteiger partial charge is 0.351 e. The van der Waals surface area contributed by atoms with Crippen LogP contribution in [0.25, 0.3) is 0 Å². The summed E-state index contributed by atoms with van der Waals surface area (Å²) in [5.41, 5.74) is 2.80. The van der Waals surface area contributed by atoms with Crippen LogP contribution >= 0.6 is 0 Å². The fourth-order valence-electron chi connectivity index (χ4n) is 2.40. The lowest BCUT2D eigenvalue weighted by atomic mass is 9.98. The van der Waals surface area contributed by atoms with Crippen LogP contribution < -0.4 is 5.32 Å². The second-order valence-electron chi connectivity index (χ2n) is 5.06. The predicted molar refractivity (Wildman–Crippen MR) is 81.3 cm³/mol. The zero-order chi connectivity index (χ0) is 13.5. The average molecular weight is 256 g/mol. The molecule has 1 aromatic heterocycles. The van der Waals surface area contributed by atoms with Crippen LogP contribution in [0, 0.1) is 0 Å². The van der Waals surface area contributed by atoms with Crippen molar-refractivity contribution in [3.63, 3.8) is 0 Å². The Bertz CT molecular complexity index is 473. The first-order valence-electron chi connectivity index (χ1n) is 7.21. The molecule has 0 radical (unpaired) electrons. The minimum absolute atomic E-state index is 0.617. The summed E-state index contributed by atoms with van der Waals surface area (Å²) in [5, 5.41) is 3.54. The molecule has 0 spiro atoms. The van der Waals surface area contributed by atoms with E-state index >= 15 is 0 Å². The fraction of sp³-hybridized carbons (Fsp3) is 0.412. The molecule has 2 aromatic rings. The first-order chi connectivity index (χ1) is 9.31. The Morgan fingerprint density at radius 2 is 1.89 bits per heavy atom. The number of nitrogens with zero attached hydrogens (tertiary/aromatic N) is 1. The molecule has 19 heavy (non-hydrogen) atoms. The third-order valence-electron chi connectivity index (χ3n) is 3.69. The molecule has 0 fully saturated rings. The highest BCUT2D eigenvalue weighted by molar-refractivity contribution is 5.18. The van der Waals surface area contributed by atoms with Gasteiger partial charge in [-0.05, 0) is 43.5 Å². The lowest BCUT2D eigenvalue weighted by Gasteiger charge is -2.13. The predicted octanol–water partition coefficient (Wildman–Crippen LogP) is 3.79. The maximum Gasteiger partial charge on any atom is 0.0359 e. The molecule has 2 heteroatoms. The first-order valence-corrected chi connectivity index (χ1v) is 7.21. The smallest absolute Gasteiger partial charge is 0.0359 e. The molecule has 1 heterocycles. The minimum atomic E-state index is 0.617. The molecule has 2 rings (SSSR count). The maximum atomic E-state index is 3.54. The summed E-state index contributed by atoms with van der Waals surface area (Å²) in [7, 11) is 0. The Hall–Kier alpha value is -1.54. The van der Waals surface area contributed by atoms with Crippen molar-refractivity contribution < 1.29 is 0 Å². The molecule has 0 aliphatic carbocycles. The van der Waals surface area contributed by atoms with Crippen LogP contribution in [0.15, 0.2) is 48.7 Å². The van der Waals surface area contributed by atoms with E-state index in [1.807, 2.05) is 0 Å². The van der Waals surface area contributed by atoms with E-state index in [0.717, 1.165) is 19.6 Å². The van der Waals surface area contributed by atoms with Crippen LogP contribution in [-0.2, 0) is 13.1 Å². The lowest BCUT2D eigenvalue weighted by molar-refractivity contribution is 0.574. The Balaban J connectivity index is 1.72. The third kappa shape index (κ3) is 3.97. The highest BCUT2D eigenvalue weighted by Crippen LogP contribution is 2.17. The number of benzene rings is 1. The summed E-state index contributed by atoms with van der Waals surface area (Å²) < 4.78 is 2.29. The molecule has 1 atom stereocenters. The van der Waals surface area contributed by atoms with Crippen molar-refractivity contribution in [1.29, 1.82) is 0 Å². The summed E-state index contributed by atoms with van der Waals surface area (Å²) in [6, 6.07) is 15.1. The average Bonchev–Trinajstić information content (AvgIpc) is 2.91. The van der Waals surface area contributed by atoms with Crippen LogP contribution in [-0.4, -0.2) is 11.1 Å². The fourth-order valence-corrected chi connectivity index (χ4v) is 2.40. The molecule has 0 amide bonds. The normalized spacial score (nSPS) is 12.5. The Morgan fingerprint density at radius 1 is 1.11 bits per heavy atom. The van der Waals surface area contributed by atoms with Crippen molar-refractivity contribution in [2.45, 2.75) is 39.3 Å². The van der Waals surface area contributed by atoms with Gasteiger partial charge in [-0.25, -0.2) is 0 Å². The van der Waals surface area contributed by atoms with Crippen LogP contribution in [0.4, 0.5) is 0 Å². The van der Waals surface area contributed by atoms with Gasteiger partial charge in [0.2, 0.25) is 0 Å². The SMILES string of the molecule is CCn1cccc1CNCCC(C)c1ccccc1. The van der Waals surface area contributed by atoms with E-state index in [0.29, 0.717) is 5.92 Å². The van der Waals surface area contributed by atoms with Gasteiger partial charge >= 0.3 is 0 Å². The summed E-state index contributed by atoms with van der Waals surface area (Å²) in [6.07, 6.45) is 3.32. The van der Waals surface area contributed by atoms with E-state index in [1.165, 1.54) is 17.7 Å². The van der Waals surface area contributed by atoms with Gasteiger partial charge in [0.05, 0.1) is 0 Å². The first kappa shape index (κ1) is 13.9. The molecule has 0 saturated carbocycles. The molecule has 102 valence electrons. The van der Waals surface area contributed by atoms with Crippen LogP contribution in [0.1, 0.15) is 37.4 Å². The molecule has 0 bridgehead atoms. The molecule has 1 unspecified atom stereocenters. The van der Waals surface area contributed by atoms with Crippen LogP contribution in [0.2, 0.25) is 0 Å². The summed E-state index contributed by atoms with van der Waals surface area (Å²) in [6.45, 7) is 7.55. The zero-order valence-corrected chi connectivity index (χ0v) is 12.0. The summed E-state index contributed by atoms with van der Waals surface area (Å²) in [5.74, 6) is 0.617. The van der Waals surface area contributed by atoms with Gasteiger partial charge in [-0.3, -0.25) is 0 Å². The van der Waals surface area contributed by atoms with E-state index in [-0.39, 0.29) is 0 Å². The number of hydrogen-bond donors (Lipinski definition) is 1. The Labute approximate surface area is 116 Å². The van der Waals surface area contributed by atoms with E-state index in [1.54, 1.807) is 0 Å². The van der Waals surface area contributed by atoms with Gasteiger partial charge in [0, 0.05) is 25.0 Å². The molecule has 1 aromatic carbocycles. The van der Waals surface area contributed by atoms with Crippen molar-refractivity contribution >= 4 is 0 Å². The van der Waals surface area contributed by atoms with E-state index in [9.17, 15) is 0 Å². The molecule has 2 nitrogen and oxygen atoms in total. The number of nitrogens with one attached hydrogen (secondary N) is 1. The molecule has 0 aliphatic rings. The molecular formula is C17H24N2. The number of rotatable bonds is 7. The van der Waals surface area contributed by atoms with Crippen LogP contribution in [0.3, 0.4) is 0 Å². The van der Waals surface area contributed by atoms with Crippen molar-refractivity contribution in [2.24, 2.45) is 0 Å². The zero-order valence-electron chi connectivity index (χ0n) is 12.0. The standard InChI is InChI=1S/C17H24N2/c1-3-19-13-7-10-17(19)14-18-12-11-15(2)16-8-5-4-6-9-16/h4-10,13,15,18H,3,11-12,14H2,1-2H3. The van der Waals surface area contributed by atoms with E-state index < -0.39 is 0 Å². The highest BCUT2D eigenvalue weighted by Gasteiger charge is 2.04. The Kier molecular flexibility index (Phi) is 5.22. The monoisotopic (exact) mass is 256 g/mol.